The second-order valence-corrected chi connectivity index (χ2v) is 4.69. The van der Waals surface area contributed by atoms with Crippen molar-refractivity contribution in [3.63, 3.8) is 0 Å². The molecule has 1 aromatic carbocycles. The lowest BCUT2D eigenvalue weighted by Crippen LogP contribution is -2.34. The number of cyclic esters (lactones) is 1. The summed E-state index contributed by atoms with van der Waals surface area (Å²) in [5.41, 5.74) is 1.71. The van der Waals surface area contributed by atoms with Crippen molar-refractivity contribution in [2.45, 2.75) is 19.4 Å². The van der Waals surface area contributed by atoms with E-state index in [-0.39, 0.29) is 0 Å². The smallest absolute Gasteiger partial charge is 0.412 e. The van der Waals surface area contributed by atoms with E-state index in [0.29, 0.717) is 0 Å². The SMILES string of the molecule is COC(=O)/C=C/c1ccc2c(c1)C(C)(C)OC(=O)N2. The largest absolute Gasteiger partial charge is 0.466 e. The molecule has 1 amide bonds. The molecule has 5 heteroatoms. The Kier molecular flexibility index (Phi) is 3.29. The molecule has 5 nitrogen and oxygen atoms in total. The van der Waals surface area contributed by atoms with Crippen molar-refractivity contribution in [3.05, 3.63) is 35.4 Å². The predicted molar refractivity (Wildman–Crippen MR) is 70.6 cm³/mol. The van der Waals surface area contributed by atoms with Crippen LogP contribution in [-0.2, 0) is 19.9 Å². The molecule has 0 saturated heterocycles. The summed E-state index contributed by atoms with van der Waals surface area (Å²) in [6.45, 7) is 3.64. The van der Waals surface area contributed by atoms with Crippen LogP contribution in [0.2, 0.25) is 0 Å². The van der Waals surface area contributed by atoms with Crippen molar-refractivity contribution in [2.75, 3.05) is 12.4 Å². The van der Waals surface area contributed by atoms with Crippen molar-refractivity contribution in [3.8, 4) is 0 Å². The molecule has 0 bridgehead atoms. The lowest BCUT2D eigenvalue weighted by Gasteiger charge is -2.32. The maximum atomic E-state index is 11.4. The summed E-state index contributed by atoms with van der Waals surface area (Å²) >= 11 is 0. The molecule has 1 N–H and O–H groups in total. The van der Waals surface area contributed by atoms with Crippen LogP contribution in [0, 0.1) is 0 Å². The van der Waals surface area contributed by atoms with E-state index in [1.165, 1.54) is 13.2 Å². The molecule has 1 aliphatic heterocycles. The topological polar surface area (TPSA) is 64.6 Å². The summed E-state index contributed by atoms with van der Waals surface area (Å²) < 4.78 is 9.77. The third-order valence-electron chi connectivity index (χ3n) is 2.89. The third-order valence-corrected chi connectivity index (χ3v) is 2.89. The van der Waals surface area contributed by atoms with E-state index < -0.39 is 17.7 Å². The lowest BCUT2D eigenvalue weighted by molar-refractivity contribution is -0.134. The highest BCUT2D eigenvalue weighted by atomic mass is 16.6. The van der Waals surface area contributed by atoms with Gasteiger partial charge in [0.15, 0.2) is 0 Å². The zero-order valence-electron chi connectivity index (χ0n) is 11.0. The Bertz CT molecular complexity index is 561. The van der Waals surface area contributed by atoms with E-state index >= 15 is 0 Å². The van der Waals surface area contributed by atoms with Crippen LogP contribution in [0.15, 0.2) is 24.3 Å². The number of carbonyl (C=O) groups is 2. The summed E-state index contributed by atoms with van der Waals surface area (Å²) in [7, 11) is 1.33. The van der Waals surface area contributed by atoms with Gasteiger partial charge in [-0.15, -0.1) is 0 Å². The molecule has 2 rings (SSSR count). The van der Waals surface area contributed by atoms with Gasteiger partial charge in [-0.3, -0.25) is 5.32 Å². The van der Waals surface area contributed by atoms with E-state index in [1.54, 1.807) is 18.2 Å². The van der Waals surface area contributed by atoms with Crippen LogP contribution in [0.3, 0.4) is 0 Å². The molecule has 100 valence electrons. The Balaban J connectivity index is 2.36. The van der Waals surface area contributed by atoms with Gasteiger partial charge in [0.2, 0.25) is 0 Å². The fourth-order valence-electron chi connectivity index (χ4n) is 1.93. The number of carbonyl (C=O) groups excluding carboxylic acids is 2. The van der Waals surface area contributed by atoms with E-state index in [2.05, 4.69) is 10.1 Å². The average Bonchev–Trinajstić information content (AvgIpc) is 2.35. The zero-order valence-corrected chi connectivity index (χ0v) is 11.0. The number of amides is 1. The van der Waals surface area contributed by atoms with Gasteiger partial charge in [0.25, 0.3) is 0 Å². The highest BCUT2D eigenvalue weighted by molar-refractivity contribution is 5.90. The fraction of sp³-hybridized carbons (Fsp3) is 0.286. The number of benzene rings is 1. The predicted octanol–water partition coefficient (Wildman–Crippen LogP) is 2.67. The van der Waals surface area contributed by atoms with Gasteiger partial charge in [0, 0.05) is 11.6 Å². The first-order valence-corrected chi connectivity index (χ1v) is 5.83. The first-order valence-electron chi connectivity index (χ1n) is 5.83. The van der Waals surface area contributed by atoms with Crippen molar-refractivity contribution >= 4 is 23.8 Å². The van der Waals surface area contributed by atoms with Gasteiger partial charge in [-0.25, -0.2) is 9.59 Å². The molecule has 0 aromatic heterocycles. The third kappa shape index (κ3) is 2.76. The molecule has 0 radical (unpaired) electrons. The molecule has 19 heavy (non-hydrogen) atoms. The number of rotatable bonds is 2. The highest BCUT2D eigenvalue weighted by Crippen LogP contribution is 2.36. The number of methoxy groups -OCH3 is 1. The van der Waals surface area contributed by atoms with Crippen LogP contribution in [0.5, 0.6) is 0 Å². The number of hydrogen-bond donors (Lipinski definition) is 1. The van der Waals surface area contributed by atoms with E-state index in [0.717, 1.165) is 16.8 Å². The number of ether oxygens (including phenoxy) is 2. The minimum atomic E-state index is -0.702. The number of hydrogen-bond acceptors (Lipinski definition) is 4. The van der Waals surface area contributed by atoms with E-state index in [1.807, 2.05) is 19.9 Å². The van der Waals surface area contributed by atoms with Crippen LogP contribution >= 0.6 is 0 Å². The number of anilines is 1. The molecule has 1 heterocycles. The Hall–Kier alpha value is -2.30. The molecule has 0 atom stereocenters. The Morgan fingerprint density at radius 1 is 1.42 bits per heavy atom. The maximum Gasteiger partial charge on any atom is 0.412 e. The van der Waals surface area contributed by atoms with Gasteiger partial charge in [-0.2, -0.15) is 0 Å². The van der Waals surface area contributed by atoms with Crippen molar-refractivity contribution in [2.24, 2.45) is 0 Å². The molecular formula is C14H15NO4. The number of fused-ring (bicyclic) bond motifs is 1. The zero-order chi connectivity index (χ0) is 14.0. The summed E-state index contributed by atoms with van der Waals surface area (Å²) in [6.07, 6.45) is 2.53. The van der Waals surface area contributed by atoms with Gasteiger partial charge in [-0.05, 0) is 37.6 Å². The quantitative estimate of drug-likeness (QED) is 0.656. The molecular weight excluding hydrogens is 246 g/mol. The Morgan fingerprint density at radius 2 is 2.16 bits per heavy atom. The fourth-order valence-corrected chi connectivity index (χ4v) is 1.93. The molecule has 1 aliphatic rings. The second kappa shape index (κ2) is 4.76. The molecule has 0 spiro atoms. The second-order valence-electron chi connectivity index (χ2n) is 4.69. The van der Waals surface area contributed by atoms with Crippen LogP contribution in [0.1, 0.15) is 25.0 Å². The highest BCUT2D eigenvalue weighted by Gasteiger charge is 2.33. The van der Waals surface area contributed by atoms with Crippen molar-refractivity contribution in [1.29, 1.82) is 0 Å². The van der Waals surface area contributed by atoms with E-state index in [9.17, 15) is 9.59 Å². The minimum Gasteiger partial charge on any atom is -0.466 e. The molecule has 0 unspecified atom stereocenters. The monoisotopic (exact) mass is 261 g/mol. The van der Waals surface area contributed by atoms with Gasteiger partial charge in [0.05, 0.1) is 12.8 Å². The van der Waals surface area contributed by atoms with Gasteiger partial charge >= 0.3 is 12.1 Å². The van der Waals surface area contributed by atoms with Crippen LogP contribution in [-0.4, -0.2) is 19.2 Å². The summed E-state index contributed by atoms with van der Waals surface area (Å²) in [5, 5.41) is 2.64. The molecule has 0 saturated carbocycles. The minimum absolute atomic E-state index is 0.415. The number of nitrogens with one attached hydrogen (secondary N) is 1. The van der Waals surface area contributed by atoms with Gasteiger partial charge in [-0.1, -0.05) is 6.07 Å². The van der Waals surface area contributed by atoms with Crippen LogP contribution < -0.4 is 5.32 Å². The van der Waals surface area contributed by atoms with Gasteiger partial charge < -0.3 is 9.47 Å². The average molecular weight is 261 g/mol. The Morgan fingerprint density at radius 3 is 2.84 bits per heavy atom. The van der Waals surface area contributed by atoms with Crippen molar-refractivity contribution < 1.29 is 19.1 Å². The van der Waals surface area contributed by atoms with Gasteiger partial charge in [0.1, 0.15) is 5.60 Å². The first kappa shape index (κ1) is 13.1. The Labute approximate surface area is 111 Å². The molecule has 1 aromatic rings. The molecule has 0 aliphatic carbocycles. The first-order chi connectivity index (χ1) is 8.92. The summed E-state index contributed by atoms with van der Waals surface area (Å²) in [6, 6.07) is 5.46. The summed E-state index contributed by atoms with van der Waals surface area (Å²) in [4.78, 5) is 22.4. The molecule has 0 fully saturated rings. The van der Waals surface area contributed by atoms with Crippen molar-refractivity contribution in [1.82, 2.24) is 0 Å². The normalized spacial score (nSPS) is 16.5. The lowest BCUT2D eigenvalue weighted by atomic mass is 9.93. The maximum absolute atomic E-state index is 11.4. The van der Waals surface area contributed by atoms with E-state index in [4.69, 9.17) is 4.74 Å². The summed E-state index contributed by atoms with van der Waals surface area (Å²) in [5.74, 6) is -0.415. The number of esters is 1. The van der Waals surface area contributed by atoms with Crippen LogP contribution in [0.4, 0.5) is 10.5 Å². The standard InChI is InChI=1S/C14H15NO4/c1-14(2)10-8-9(5-7-12(16)18-3)4-6-11(10)15-13(17)19-14/h4-8H,1-3H3,(H,15,17)/b7-5+. The van der Waals surface area contributed by atoms with Crippen LogP contribution in [0.25, 0.3) is 6.08 Å².